The van der Waals surface area contributed by atoms with Crippen LogP contribution in [0, 0.1) is 11.3 Å². The molecule has 36 heavy (non-hydrogen) atoms. The van der Waals surface area contributed by atoms with Crippen LogP contribution < -0.4 is 5.56 Å². The summed E-state index contributed by atoms with van der Waals surface area (Å²) in [6.45, 7) is 2.12. The highest BCUT2D eigenvalue weighted by Gasteiger charge is 2.27. The SMILES string of the molecule is CCCc1c(Cc2ccc(-c3ccccc3C#N)cc2)c(=O)n(C2CCC(OC)CC2)c2ncnn12. The second-order valence-electron chi connectivity index (χ2n) is 9.52. The van der Waals surface area contributed by atoms with Crippen LogP contribution in [0.5, 0.6) is 0 Å². The lowest BCUT2D eigenvalue weighted by Gasteiger charge is -2.29. The van der Waals surface area contributed by atoms with Crippen LogP contribution >= 0.6 is 0 Å². The third-order valence-corrected chi connectivity index (χ3v) is 7.35. The molecule has 0 spiro atoms. The number of nitrogens with zero attached hydrogens (tertiary/aromatic N) is 5. The number of benzene rings is 2. The molecule has 1 aliphatic rings. The van der Waals surface area contributed by atoms with Crippen molar-refractivity contribution in [2.45, 2.75) is 64.0 Å². The normalized spacial score (nSPS) is 17.8. The third kappa shape index (κ3) is 4.45. The average molecular weight is 482 g/mol. The molecule has 2 aromatic heterocycles. The van der Waals surface area contributed by atoms with Gasteiger partial charge in [-0.15, -0.1) is 0 Å². The minimum absolute atomic E-state index is 0.0405. The second kappa shape index (κ2) is 10.5. The van der Waals surface area contributed by atoms with Crippen LogP contribution in [-0.4, -0.2) is 32.4 Å². The monoisotopic (exact) mass is 481 g/mol. The molecule has 1 saturated carbocycles. The van der Waals surface area contributed by atoms with Crippen molar-refractivity contribution in [3.63, 3.8) is 0 Å². The maximum atomic E-state index is 14.0. The Morgan fingerprint density at radius 2 is 1.83 bits per heavy atom. The summed E-state index contributed by atoms with van der Waals surface area (Å²) < 4.78 is 9.30. The van der Waals surface area contributed by atoms with E-state index in [1.54, 1.807) is 13.4 Å². The minimum atomic E-state index is 0.0405. The number of methoxy groups -OCH3 is 1. The molecule has 0 radical (unpaired) electrons. The summed E-state index contributed by atoms with van der Waals surface area (Å²) in [5.41, 5.74) is 5.37. The van der Waals surface area contributed by atoms with Crippen LogP contribution in [0.15, 0.2) is 59.7 Å². The third-order valence-electron chi connectivity index (χ3n) is 7.35. The summed E-state index contributed by atoms with van der Waals surface area (Å²) in [4.78, 5) is 18.5. The van der Waals surface area contributed by atoms with E-state index in [1.165, 1.54) is 0 Å². The van der Waals surface area contributed by atoms with E-state index in [0.717, 1.165) is 66.5 Å². The number of aryl methyl sites for hydroxylation is 1. The van der Waals surface area contributed by atoms with Gasteiger partial charge in [-0.05, 0) is 54.9 Å². The van der Waals surface area contributed by atoms with E-state index in [1.807, 2.05) is 45.5 Å². The highest BCUT2D eigenvalue weighted by molar-refractivity contribution is 5.70. The predicted molar refractivity (Wildman–Crippen MR) is 139 cm³/mol. The summed E-state index contributed by atoms with van der Waals surface area (Å²) in [7, 11) is 1.76. The lowest BCUT2D eigenvalue weighted by molar-refractivity contribution is 0.0583. The van der Waals surface area contributed by atoms with Crippen molar-refractivity contribution < 1.29 is 4.74 Å². The zero-order valence-corrected chi connectivity index (χ0v) is 20.9. The zero-order valence-electron chi connectivity index (χ0n) is 20.9. The fourth-order valence-electron chi connectivity index (χ4n) is 5.46. The van der Waals surface area contributed by atoms with Crippen LogP contribution in [0.3, 0.4) is 0 Å². The molecule has 2 aromatic carbocycles. The van der Waals surface area contributed by atoms with Crippen molar-refractivity contribution >= 4 is 5.78 Å². The van der Waals surface area contributed by atoms with Crippen LogP contribution in [0.2, 0.25) is 0 Å². The molecule has 0 unspecified atom stereocenters. The van der Waals surface area contributed by atoms with Gasteiger partial charge in [-0.25, -0.2) is 4.52 Å². The van der Waals surface area contributed by atoms with Crippen LogP contribution in [0.1, 0.15) is 67.5 Å². The molecule has 0 bridgehead atoms. The largest absolute Gasteiger partial charge is 0.381 e. The first kappa shape index (κ1) is 24.0. The van der Waals surface area contributed by atoms with E-state index in [9.17, 15) is 10.1 Å². The molecule has 0 amide bonds. The summed E-state index contributed by atoms with van der Waals surface area (Å²) in [5, 5.41) is 14.0. The van der Waals surface area contributed by atoms with Gasteiger partial charge in [0.2, 0.25) is 5.78 Å². The standard InChI is InChI=1S/C29H31N5O2/c1-3-6-27-26(17-20-9-11-21(12-10-20)25-8-5-4-7-22(25)18-30)28(35)33(29-31-19-32-34(27)29)23-13-15-24(36-2)16-14-23/h4-5,7-12,19,23-24H,3,6,13-17H2,1-2H3. The molecule has 2 heterocycles. The Bertz CT molecular complexity index is 1450. The lowest BCUT2D eigenvalue weighted by Crippen LogP contribution is -2.35. The Morgan fingerprint density at radius 1 is 1.08 bits per heavy atom. The van der Waals surface area contributed by atoms with Gasteiger partial charge >= 0.3 is 0 Å². The number of rotatable bonds is 7. The van der Waals surface area contributed by atoms with Gasteiger partial charge in [-0.1, -0.05) is 55.8 Å². The Kier molecular flexibility index (Phi) is 6.97. The van der Waals surface area contributed by atoms with Gasteiger partial charge in [0.05, 0.1) is 23.4 Å². The maximum Gasteiger partial charge on any atom is 0.259 e. The van der Waals surface area contributed by atoms with Gasteiger partial charge in [0.25, 0.3) is 5.56 Å². The van der Waals surface area contributed by atoms with Gasteiger partial charge in [-0.2, -0.15) is 15.3 Å². The summed E-state index contributed by atoms with van der Waals surface area (Å²) in [5.74, 6) is 0.636. The van der Waals surface area contributed by atoms with Crippen molar-refractivity contribution in [2.75, 3.05) is 7.11 Å². The molecule has 0 atom stereocenters. The number of ether oxygens (including phenoxy) is 1. The van der Waals surface area contributed by atoms with Gasteiger partial charge in [0.1, 0.15) is 6.33 Å². The van der Waals surface area contributed by atoms with E-state index >= 15 is 0 Å². The number of hydrogen-bond acceptors (Lipinski definition) is 5. The molecule has 1 aliphatic carbocycles. The van der Waals surface area contributed by atoms with E-state index in [-0.39, 0.29) is 17.7 Å². The van der Waals surface area contributed by atoms with Crippen molar-refractivity contribution in [1.29, 1.82) is 5.26 Å². The molecule has 7 nitrogen and oxygen atoms in total. The van der Waals surface area contributed by atoms with Gasteiger partial charge in [0.15, 0.2) is 0 Å². The Balaban J connectivity index is 1.54. The maximum absolute atomic E-state index is 14.0. The molecule has 4 aromatic rings. The van der Waals surface area contributed by atoms with Gasteiger partial charge in [-0.3, -0.25) is 9.36 Å². The summed E-state index contributed by atoms with van der Waals surface area (Å²) >= 11 is 0. The Labute approximate surface area is 211 Å². The van der Waals surface area contributed by atoms with E-state index < -0.39 is 0 Å². The van der Waals surface area contributed by atoms with Gasteiger partial charge in [0, 0.05) is 25.1 Å². The molecular weight excluding hydrogens is 450 g/mol. The van der Waals surface area contributed by atoms with E-state index in [0.29, 0.717) is 17.8 Å². The first-order valence-corrected chi connectivity index (χ1v) is 12.7. The molecule has 5 rings (SSSR count). The van der Waals surface area contributed by atoms with Crippen molar-refractivity contribution in [3.05, 3.63) is 87.6 Å². The number of nitriles is 1. The molecule has 0 N–H and O–H groups in total. The molecule has 1 fully saturated rings. The van der Waals surface area contributed by atoms with Crippen molar-refractivity contribution in [1.82, 2.24) is 19.2 Å². The Morgan fingerprint density at radius 3 is 2.53 bits per heavy atom. The average Bonchev–Trinajstić information content (AvgIpc) is 3.41. The number of hydrogen-bond donors (Lipinski definition) is 0. The lowest BCUT2D eigenvalue weighted by atomic mass is 9.92. The van der Waals surface area contributed by atoms with Crippen molar-refractivity contribution in [3.8, 4) is 17.2 Å². The van der Waals surface area contributed by atoms with Crippen molar-refractivity contribution in [2.24, 2.45) is 0 Å². The second-order valence-corrected chi connectivity index (χ2v) is 9.52. The fourth-order valence-corrected chi connectivity index (χ4v) is 5.46. The highest BCUT2D eigenvalue weighted by Crippen LogP contribution is 2.31. The van der Waals surface area contributed by atoms with Gasteiger partial charge < -0.3 is 4.74 Å². The Hall–Kier alpha value is -3.76. The first-order valence-electron chi connectivity index (χ1n) is 12.7. The molecule has 7 heteroatoms. The van der Waals surface area contributed by atoms with Crippen LogP contribution in [-0.2, 0) is 17.6 Å². The molecule has 184 valence electrons. The predicted octanol–water partition coefficient (Wildman–Crippen LogP) is 5.10. The molecule has 0 saturated heterocycles. The molecule has 0 aliphatic heterocycles. The smallest absolute Gasteiger partial charge is 0.259 e. The highest BCUT2D eigenvalue weighted by atomic mass is 16.5. The van der Waals surface area contributed by atoms with Crippen LogP contribution in [0.25, 0.3) is 16.9 Å². The van der Waals surface area contributed by atoms with E-state index in [4.69, 9.17) is 4.74 Å². The first-order chi connectivity index (χ1) is 17.6. The molecular formula is C29H31N5O2. The number of fused-ring (bicyclic) bond motifs is 1. The topological polar surface area (TPSA) is 85.2 Å². The van der Waals surface area contributed by atoms with Crippen LogP contribution in [0.4, 0.5) is 0 Å². The summed E-state index contributed by atoms with van der Waals surface area (Å²) in [6, 6.07) is 18.1. The quantitative estimate of drug-likeness (QED) is 0.366. The van der Waals surface area contributed by atoms with E-state index in [2.05, 4.69) is 35.2 Å². The minimum Gasteiger partial charge on any atom is -0.381 e. The summed E-state index contributed by atoms with van der Waals surface area (Å²) in [6.07, 6.45) is 7.66. The number of aromatic nitrogens is 4. The fraction of sp³-hybridized carbons (Fsp3) is 0.379. The zero-order chi connectivity index (χ0) is 25.1.